The maximum Gasteiger partial charge on any atom is 0.291 e. The number of carbonyl (C=O) groups excluding carboxylic acids is 1. The van der Waals surface area contributed by atoms with E-state index in [0.717, 1.165) is 60.3 Å². The second-order valence-electron chi connectivity index (χ2n) is 7.52. The Bertz CT molecular complexity index is 881. The zero-order valence-corrected chi connectivity index (χ0v) is 17.6. The molecule has 1 amide bonds. The molecular weight excluding hydrogens is 354 g/mol. The summed E-state index contributed by atoms with van der Waals surface area (Å²) >= 11 is 0. The molecule has 1 aliphatic rings. The molecule has 8 heteroatoms. The average molecular weight is 384 g/mol. The molecule has 1 fully saturated rings. The van der Waals surface area contributed by atoms with E-state index >= 15 is 0 Å². The minimum Gasteiger partial charge on any atom is -0.365 e. The monoisotopic (exact) mass is 383 g/mol. The Morgan fingerprint density at radius 1 is 1.21 bits per heavy atom. The van der Waals surface area contributed by atoms with Gasteiger partial charge in [0.1, 0.15) is 17.5 Å². The Hall–Kier alpha value is -2.77. The number of nitrogens with zero attached hydrogens (tertiary/aromatic N) is 6. The van der Waals surface area contributed by atoms with Crippen LogP contribution in [0.4, 0.5) is 11.6 Å². The van der Waals surface area contributed by atoms with Gasteiger partial charge in [-0.2, -0.15) is 0 Å². The molecular formula is C20H29N7O. The maximum absolute atomic E-state index is 12.3. The predicted octanol–water partition coefficient (Wildman–Crippen LogP) is 2.15. The van der Waals surface area contributed by atoms with Crippen molar-refractivity contribution in [3.8, 4) is 0 Å². The first kappa shape index (κ1) is 20.0. The van der Waals surface area contributed by atoms with Gasteiger partial charge in [-0.25, -0.2) is 19.9 Å². The molecule has 1 N–H and O–H groups in total. The van der Waals surface area contributed by atoms with Gasteiger partial charge in [-0.3, -0.25) is 4.79 Å². The van der Waals surface area contributed by atoms with Crippen molar-refractivity contribution in [2.75, 3.05) is 37.4 Å². The normalized spacial score (nSPS) is 16.4. The highest BCUT2D eigenvalue weighted by molar-refractivity contribution is 5.90. The summed E-state index contributed by atoms with van der Waals surface area (Å²) in [6.45, 7) is 9.66. The van der Waals surface area contributed by atoms with Crippen molar-refractivity contribution in [1.82, 2.24) is 24.8 Å². The lowest BCUT2D eigenvalue weighted by Crippen LogP contribution is -2.30. The Labute approximate surface area is 166 Å². The van der Waals surface area contributed by atoms with E-state index in [2.05, 4.69) is 37.1 Å². The molecule has 0 bridgehead atoms. The summed E-state index contributed by atoms with van der Waals surface area (Å²) in [4.78, 5) is 34.1. The number of carbonyl (C=O) groups is 1. The van der Waals surface area contributed by atoms with Crippen molar-refractivity contribution in [3.63, 3.8) is 0 Å². The average Bonchev–Trinajstić information content (AvgIpc) is 3.10. The molecule has 0 unspecified atom stereocenters. The van der Waals surface area contributed by atoms with E-state index < -0.39 is 0 Å². The molecule has 0 aliphatic carbocycles. The van der Waals surface area contributed by atoms with Crippen LogP contribution in [0, 0.1) is 20.8 Å². The fourth-order valence-electron chi connectivity index (χ4n) is 3.36. The van der Waals surface area contributed by atoms with Gasteiger partial charge in [0.25, 0.3) is 5.91 Å². The van der Waals surface area contributed by atoms with E-state index in [1.54, 1.807) is 14.1 Å². The van der Waals surface area contributed by atoms with Gasteiger partial charge in [-0.1, -0.05) is 6.92 Å². The molecule has 2 aromatic heterocycles. The summed E-state index contributed by atoms with van der Waals surface area (Å²) < 4.78 is 0. The molecule has 150 valence electrons. The quantitative estimate of drug-likeness (QED) is 0.846. The molecule has 0 saturated carbocycles. The summed E-state index contributed by atoms with van der Waals surface area (Å²) in [6, 6.07) is 2.25. The largest absolute Gasteiger partial charge is 0.365 e. The molecule has 0 aromatic carbocycles. The fourth-order valence-corrected chi connectivity index (χ4v) is 3.36. The molecule has 3 heterocycles. The number of anilines is 2. The predicted molar refractivity (Wildman–Crippen MR) is 110 cm³/mol. The highest BCUT2D eigenvalue weighted by Crippen LogP contribution is 2.25. The zero-order chi connectivity index (χ0) is 20.4. The molecule has 1 atom stereocenters. The van der Waals surface area contributed by atoms with E-state index in [0.29, 0.717) is 0 Å². The number of rotatable bonds is 5. The first-order chi connectivity index (χ1) is 13.3. The molecule has 1 saturated heterocycles. The van der Waals surface area contributed by atoms with Crippen LogP contribution in [-0.4, -0.2) is 64.0 Å². The van der Waals surface area contributed by atoms with Crippen molar-refractivity contribution >= 4 is 17.5 Å². The van der Waals surface area contributed by atoms with Gasteiger partial charge in [0.05, 0.1) is 0 Å². The lowest BCUT2D eigenvalue weighted by atomic mass is 10.2. The van der Waals surface area contributed by atoms with Gasteiger partial charge in [0.15, 0.2) is 0 Å². The van der Waals surface area contributed by atoms with Crippen molar-refractivity contribution in [2.24, 2.45) is 0 Å². The van der Waals surface area contributed by atoms with Crippen molar-refractivity contribution < 1.29 is 4.79 Å². The van der Waals surface area contributed by atoms with Crippen LogP contribution in [0.5, 0.6) is 0 Å². The van der Waals surface area contributed by atoms with Crippen molar-refractivity contribution in [1.29, 1.82) is 0 Å². The van der Waals surface area contributed by atoms with Gasteiger partial charge >= 0.3 is 0 Å². The van der Waals surface area contributed by atoms with Crippen LogP contribution in [0.1, 0.15) is 46.7 Å². The smallest absolute Gasteiger partial charge is 0.291 e. The SMILES string of the molecule is CCc1nc(C)cc(N[C@@H]2CCN(c3nc(C(=O)N(C)C)nc(C)c3C)C2)n1. The Morgan fingerprint density at radius 3 is 2.64 bits per heavy atom. The van der Waals surface area contributed by atoms with E-state index in [-0.39, 0.29) is 17.8 Å². The van der Waals surface area contributed by atoms with Crippen LogP contribution in [0.25, 0.3) is 0 Å². The molecule has 2 aromatic rings. The van der Waals surface area contributed by atoms with Crippen LogP contribution in [0.15, 0.2) is 6.07 Å². The first-order valence-corrected chi connectivity index (χ1v) is 9.71. The van der Waals surface area contributed by atoms with Gasteiger partial charge < -0.3 is 15.1 Å². The Kier molecular flexibility index (Phi) is 5.76. The van der Waals surface area contributed by atoms with Crippen molar-refractivity contribution in [2.45, 2.75) is 46.6 Å². The second-order valence-corrected chi connectivity index (χ2v) is 7.52. The third kappa shape index (κ3) is 4.21. The van der Waals surface area contributed by atoms with Gasteiger partial charge in [0.2, 0.25) is 5.82 Å². The summed E-state index contributed by atoms with van der Waals surface area (Å²) in [6.07, 6.45) is 1.79. The first-order valence-electron chi connectivity index (χ1n) is 9.71. The number of aromatic nitrogens is 4. The fraction of sp³-hybridized carbons (Fsp3) is 0.550. The Morgan fingerprint density at radius 2 is 1.96 bits per heavy atom. The molecule has 0 spiro atoms. The van der Waals surface area contributed by atoms with E-state index in [4.69, 9.17) is 0 Å². The summed E-state index contributed by atoms with van der Waals surface area (Å²) in [5, 5.41) is 3.53. The summed E-state index contributed by atoms with van der Waals surface area (Å²) in [5.74, 6) is 2.64. The topological polar surface area (TPSA) is 87.1 Å². The van der Waals surface area contributed by atoms with Gasteiger partial charge in [-0.05, 0) is 27.2 Å². The van der Waals surface area contributed by atoms with Crippen molar-refractivity contribution in [3.05, 3.63) is 34.7 Å². The van der Waals surface area contributed by atoms with Crippen LogP contribution >= 0.6 is 0 Å². The molecule has 3 rings (SSSR count). The Balaban J connectivity index is 1.78. The van der Waals surface area contributed by atoms with Gasteiger partial charge in [0, 0.05) is 62.7 Å². The number of amides is 1. The highest BCUT2D eigenvalue weighted by Gasteiger charge is 2.27. The highest BCUT2D eigenvalue weighted by atomic mass is 16.2. The lowest BCUT2D eigenvalue weighted by Gasteiger charge is -2.22. The van der Waals surface area contributed by atoms with Gasteiger partial charge in [-0.15, -0.1) is 0 Å². The standard InChI is InChI=1S/C20H29N7O/c1-7-16-21-12(2)10-17(24-16)23-15-8-9-27(11-15)19-13(3)14(4)22-18(25-19)20(28)26(5)6/h10,15H,7-9,11H2,1-6H3,(H,21,23,24)/t15-/m1/s1. The second kappa shape index (κ2) is 8.08. The van der Waals surface area contributed by atoms with Crippen LogP contribution in [0.3, 0.4) is 0 Å². The van der Waals surface area contributed by atoms with E-state index in [9.17, 15) is 4.79 Å². The van der Waals surface area contributed by atoms with Crippen LogP contribution in [0.2, 0.25) is 0 Å². The molecule has 1 aliphatic heterocycles. The third-order valence-corrected chi connectivity index (χ3v) is 5.02. The van der Waals surface area contributed by atoms with E-state index in [1.165, 1.54) is 4.90 Å². The number of hydrogen-bond donors (Lipinski definition) is 1. The zero-order valence-electron chi connectivity index (χ0n) is 17.6. The molecule has 0 radical (unpaired) electrons. The van der Waals surface area contributed by atoms with Crippen LogP contribution < -0.4 is 10.2 Å². The number of aryl methyl sites for hydroxylation is 3. The van der Waals surface area contributed by atoms with Crippen LogP contribution in [-0.2, 0) is 6.42 Å². The number of nitrogens with one attached hydrogen (secondary N) is 1. The summed E-state index contributed by atoms with van der Waals surface area (Å²) in [7, 11) is 3.43. The lowest BCUT2D eigenvalue weighted by molar-refractivity contribution is 0.0815. The minimum absolute atomic E-state index is 0.179. The minimum atomic E-state index is -0.179. The summed E-state index contributed by atoms with van der Waals surface area (Å²) in [5.41, 5.74) is 2.83. The molecule has 8 nitrogen and oxygen atoms in total. The third-order valence-electron chi connectivity index (χ3n) is 5.02. The molecule has 28 heavy (non-hydrogen) atoms. The number of hydrogen-bond acceptors (Lipinski definition) is 7. The maximum atomic E-state index is 12.3. The van der Waals surface area contributed by atoms with E-state index in [1.807, 2.05) is 26.8 Å².